The van der Waals surface area contributed by atoms with Crippen molar-refractivity contribution in [3.8, 4) is 5.75 Å². The molecule has 1 atom stereocenters. The lowest BCUT2D eigenvalue weighted by atomic mass is 10.2. The molecule has 114 valence electrons. The van der Waals surface area contributed by atoms with E-state index in [4.69, 9.17) is 5.11 Å². The molecule has 1 aromatic carbocycles. The SMILES string of the molecule is CN(C)C1CCN(C(=O)Nc2ccc(O)c(C(=O)O)c2)C1. The number of carboxylic acid groups (broad SMARTS) is 1. The van der Waals surface area contributed by atoms with E-state index in [1.54, 1.807) is 4.90 Å². The fourth-order valence-corrected chi connectivity index (χ4v) is 2.34. The first kappa shape index (κ1) is 15.1. The maximum atomic E-state index is 12.1. The Bertz CT molecular complexity index is 559. The fraction of sp³-hybridized carbons (Fsp3) is 0.429. The molecule has 7 heteroatoms. The molecule has 1 saturated heterocycles. The van der Waals surface area contributed by atoms with E-state index in [2.05, 4.69) is 10.2 Å². The van der Waals surface area contributed by atoms with Gasteiger partial charge in [0.1, 0.15) is 11.3 Å². The summed E-state index contributed by atoms with van der Waals surface area (Å²) in [5.41, 5.74) is 0.115. The minimum atomic E-state index is -1.24. The number of urea groups is 1. The van der Waals surface area contributed by atoms with Gasteiger partial charge in [-0.15, -0.1) is 0 Å². The number of carboxylic acids is 1. The van der Waals surface area contributed by atoms with Crippen LogP contribution in [0, 0.1) is 0 Å². The van der Waals surface area contributed by atoms with Gasteiger partial charge in [0.2, 0.25) is 0 Å². The van der Waals surface area contributed by atoms with Crippen LogP contribution >= 0.6 is 0 Å². The third-order valence-electron chi connectivity index (χ3n) is 3.66. The van der Waals surface area contributed by atoms with Crippen LogP contribution in [0.4, 0.5) is 10.5 Å². The maximum absolute atomic E-state index is 12.1. The number of amides is 2. The lowest BCUT2D eigenvalue weighted by Gasteiger charge is -2.20. The number of hydrogen-bond acceptors (Lipinski definition) is 4. The Labute approximate surface area is 122 Å². The molecule has 0 radical (unpaired) electrons. The van der Waals surface area contributed by atoms with Gasteiger partial charge in [-0.1, -0.05) is 0 Å². The largest absolute Gasteiger partial charge is 0.507 e. The van der Waals surface area contributed by atoms with Crippen LogP contribution in [0.2, 0.25) is 0 Å². The van der Waals surface area contributed by atoms with Crippen LogP contribution in [0.1, 0.15) is 16.8 Å². The van der Waals surface area contributed by atoms with Gasteiger partial charge in [-0.2, -0.15) is 0 Å². The van der Waals surface area contributed by atoms with Gasteiger partial charge in [0.15, 0.2) is 0 Å². The number of phenols is 1. The van der Waals surface area contributed by atoms with E-state index in [-0.39, 0.29) is 17.3 Å². The molecule has 1 aliphatic rings. The summed E-state index contributed by atoms with van der Waals surface area (Å²) in [5, 5.41) is 21.0. The maximum Gasteiger partial charge on any atom is 0.339 e. The smallest absolute Gasteiger partial charge is 0.339 e. The van der Waals surface area contributed by atoms with Gasteiger partial charge in [0, 0.05) is 24.8 Å². The number of rotatable bonds is 3. The Morgan fingerprint density at radius 3 is 2.67 bits per heavy atom. The standard InChI is InChI=1S/C14H19N3O4/c1-16(2)10-5-6-17(8-10)14(21)15-9-3-4-12(18)11(7-9)13(19)20/h3-4,7,10,18H,5-6,8H2,1-2H3,(H,15,21)(H,19,20). The van der Waals surface area contributed by atoms with Crippen molar-refractivity contribution in [2.75, 3.05) is 32.5 Å². The third-order valence-corrected chi connectivity index (χ3v) is 3.66. The average molecular weight is 293 g/mol. The average Bonchev–Trinajstić information content (AvgIpc) is 2.90. The molecule has 0 aromatic heterocycles. The van der Waals surface area contributed by atoms with Gasteiger partial charge >= 0.3 is 12.0 Å². The monoisotopic (exact) mass is 293 g/mol. The predicted molar refractivity (Wildman–Crippen MR) is 77.7 cm³/mol. The molecular weight excluding hydrogens is 274 g/mol. The summed E-state index contributed by atoms with van der Waals surface area (Å²) in [5.74, 6) is -1.56. The van der Waals surface area contributed by atoms with Gasteiger partial charge < -0.3 is 25.3 Å². The molecule has 1 aliphatic heterocycles. The van der Waals surface area contributed by atoms with Gasteiger partial charge in [-0.3, -0.25) is 0 Å². The highest BCUT2D eigenvalue weighted by atomic mass is 16.4. The number of aromatic hydroxyl groups is 1. The van der Waals surface area contributed by atoms with Crippen LogP contribution in [0.25, 0.3) is 0 Å². The van der Waals surface area contributed by atoms with Crippen LogP contribution in [-0.2, 0) is 0 Å². The van der Waals surface area contributed by atoms with Crippen molar-refractivity contribution in [2.24, 2.45) is 0 Å². The van der Waals surface area contributed by atoms with Crippen LogP contribution in [0.5, 0.6) is 5.75 Å². The molecular formula is C14H19N3O4. The Morgan fingerprint density at radius 1 is 1.38 bits per heavy atom. The predicted octanol–water partition coefficient (Wildman–Crippen LogP) is 1.26. The van der Waals surface area contributed by atoms with Crippen LogP contribution < -0.4 is 5.32 Å². The number of nitrogens with zero attached hydrogens (tertiary/aromatic N) is 2. The molecule has 2 amide bonds. The number of aromatic carboxylic acids is 1. The van der Waals surface area contributed by atoms with Crippen molar-refractivity contribution in [3.05, 3.63) is 23.8 Å². The van der Waals surface area contributed by atoms with E-state index >= 15 is 0 Å². The van der Waals surface area contributed by atoms with E-state index in [0.29, 0.717) is 24.8 Å². The van der Waals surface area contributed by atoms with Crippen molar-refractivity contribution in [3.63, 3.8) is 0 Å². The van der Waals surface area contributed by atoms with Crippen molar-refractivity contribution >= 4 is 17.7 Å². The van der Waals surface area contributed by atoms with E-state index in [1.165, 1.54) is 18.2 Å². The summed E-state index contributed by atoms with van der Waals surface area (Å²) in [6.07, 6.45) is 0.913. The third kappa shape index (κ3) is 3.43. The molecule has 0 saturated carbocycles. The number of nitrogens with one attached hydrogen (secondary N) is 1. The highest BCUT2D eigenvalue weighted by molar-refractivity contribution is 5.95. The summed E-state index contributed by atoms with van der Waals surface area (Å²) in [4.78, 5) is 26.9. The molecule has 1 heterocycles. The summed E-state index contributed by atoms with van der Waals surface area (Å²) in [6, 6.07) is 4.05. The zero-order valence-electron chi connectivity index (χ0n) is 12.0. The minimum Gasteiger partial charge on any atom is -0.507 e. The Hall–Kier alpha value is -2.28. The zero-order valence-corrected chi connectivity index (χ0v) is 12.0. The molecule has 2 rings (SSSR count). The second kappa shape index (κ2) is 6.01. The van der Waals surface area contributed by atoms with Crippen molar-refractivity contribution in [1.82, 2.24) is 9.80 Å². The minimum absolute atomic E-state index is 0.236. The fourth-order valence-electron chi connectivity index (χ4n) is 2.34. The molecule has 7 nitrogen and oxygen atoms in total. The van der Waals surface area contributed by atoms with E-state index < -0.39 is 5.97 Å². The first-order valence-electron chi connectivity index (χ1n) is 6.67. The van der Waals surface area contributed by atoms with Crippen LogP contribution in [0.15, 0.2) is 18.2 Å². The van der Waals surface area contributed by atoms with Crippen molar-refractivity contribution in [2.45, 2.75) is 12.5 Å². The first-order valence-corrected chi connectivity index (χ1v) is 6.67. The number of likely N-dealkylation sites (tertiary alicyclic amines) is 1. The number of hydrogen-bond donors (Lipinski definition) is 3. The Morgan fingerprint density at radius 2 is 2.10 bits per heavy atom. The quantitative estimate of drug-likeness (QED) is 0.730. The van der Waals surface area contributed by atoms with Crippen LogP contribution in [-0.4, -0.2) is 65.2 Å². The van der Waals surface area contributed by atoms with E-state index in [1.807, 2.05) is 14.1 Å². The lowest BCUT2D eigenvalue weighted by Crippen LogP contribution is -2.36. The van der Waals surface area contributed by atoms with E-state index in [9.17, 15) is 14.7 Å². The lowest BCUT2D eigenvalue weighted by molar-refractivity contribution is 0.0693. The normalized spacial score (nSPS) is 18.0. The first-order chi connectivity index (χ1) is 9.88. The van der Waals surface area contributed by atoms with E-state index in [0.717, 1.165) is 6.42 Å². The molecule has 1 unspecified atom stereocenters. The number of benzene rings is 1. The molecule has 0 spiro atoms. The molecule has 21 heavy (non-hydrogen) atoms. The summed E-state index contributed by atoms with van der Waals surface area (Å²) < 4.78 is 0. The van der Waals surface area contributed by atoms with Crippen molar-refractivity contribution in [1.29, 1.82) is 0 Å². The topological polar surface area (TPSA) is 93.1 Å². The number of carbonyl (C=O) groups is 2. The van der Waals surface area contributed by atoms with Gasteiger partial charge in [-0.25, -0.2) is 9.59 Å². The molecule has 1 aromatic rings. The van der Waals surface area contributed by atoms with Crippen molar-refractivity contribution < 1.29 is 19.8 Å². The summed E-state index contributed by atoms with van der Waals surface area (Å²) in [6.45, 7) is 1.31. The Kier molecular flexibility index (Phi) is 4.32. The van der Waals surface area contributed by atoms with Gasteiger partial charge in [-0.05, 0) is 38.7 Å². The van der Waals surface area contributed by atoms with Gasteiger partial charge in [0.25, 0.3) is 0 Å². The molecule has 1 fully saturated rings. The summed E-state index contributed by atoms with van der Waals surface area (Å²) in [7, 11) is 3.95. The molecule has 0 bridgehead atoms. The Balaban J connectivity index is 2.04. The zero-order chi connectivity index (χ0) is 15.6. The highest BCUT2D eigenvalue weighted by Crippen LogP contribution is 2.22. The number of carbonyl (C=O) groups excluding carboxylic acids is 1. The second-order valence-electron chi connectivity index (χ2n) is 5.32. The van der Waals surface area contributed by atoms with Gasteiger partial charge in [0.05, 0.1) is 0 Å². The number of likely N-dealkylation sites (N-methyl/N-ethyl adjacent to an activating group) is 1. The number of anilines is 1. The second-order valence-corrected chi connectivity index (χ2v) is 5.32. The molecule has 3 N–H and O–H groups in total. The molecule has 0 aliphatic carbocycles. The summed E-state index contributed by atoms with van der Waals surface area (Å²) >= 11 is 0. The highest BCUT2D eigenvalue weighted by Gasteiger charge is 2.27. The van der Waals surface area contributed by atoms with Crippen LogP contribution in [0.3, 0.4) is 0 Å².